The van der Waals surface area contributed by atoms with Crippen LogP contribution in [0.25, 0.3) is 0 Å². The van der Waals surface area contributed by atoms with Gasteiger partial charge in [0, 0.05) is 20.8 Å². The van der Waals surface area contributed by atoms with E-state index in [0.717, 1.165) is 13.0 Å². The third-order valence-electron chi connectivity index (χ3n) is 2.68. The minimum absolute atomic E-state index is 0.440. The van der Waals surface area contributed by atoms with Crippen LogP contribution in [0.4, 0.5) is 0 Å². The molecule has 0 aromatic carbocycles. The van der Waals surface area contributed by atoms with Gasteiger partial charge in [-0.3, -0.25) is 0 Å². The van der Waals surface area contributed by atoms with E-state index in [1.165, 1.54) is 27.1 Å². The monoisotopic (exact) mass is 352 g/mol. The maximum Gasteiger partial charge on any atom is 0.0590 e. The Morgan fingerprint density at radius 3 is 3.00 bits per heavy atom. The van der Waals surface area contributed by atoms with Crippen LogP contribution in [-0.4, -0.2) is 12.7 Å². The molecule has 1 saturated heterocycles. The second-order valence-corrected chi connectivity index (χ2v) is 7.14. The smallest absolute Gasteiger partial charge is 0.0590 e. The maximum absolute atomic E-state index is 5.65. The van der Waals surface area contributed by atoms with Crippen molar-refractivity contribution in [2.45, 2.75) is 37.1 Å². The van der Waals surface area contributed by atoms with Gasteiger partial charge in [-0.1, -0.05) is 15.9 Å². The number of thiophene rings is 1. The molecule has 2 rings (SSSR count). The molecule has 1 aliphatic heterocycles. The Labute approximate surface area is 111 Å². The molecule has 1 fully saturated rings. The number of halogens is 2. The van der Waals surface area contributed by atoms with E-state index in [1.54, 1.807) is 0 Å². The van der Waals surface area contributed by atoms with E-state index < -0.39 is 0 Å². The van der Waals surface area contributed by atoms with Crippen LogP contribution in [0.1, 0.15) is 33.8 Å². The lowest BCUT2D eigenvalue weighted by molar-refractivity contribution is 0.104. The lowest BCUT2D eigenvalue weighted by Gasteiger charge is -2.13. The minimum atomic E-state index is 0.440. The highest BCUT2D eigenvalue weighted by Gasteiger charge is 2.21. The number of hydrogen-bond donors (Lipinski definition) is 0. The highest BCUT2D eigenvalue weighted by Crippen LogP contribution is 2.38. The van der Waals surface area contributed by atoms with Crippen molar-refractivity contribution < 1.29 is 4.74 Å². The molecule has 1 nitrogen and oxygen atoms in total. The van der Waals surface area contributed by atoms with Crippen molar-refractivity contribution >= 4 is 43.2 Å². The van der Waals surface area contributed by atoms with Crippen molar-refractivity contribution in [3.63, 3.8) is 0 Å². The molecule has 1 aromatic rings. The molecular formula is C11H14Br2OS. The first-order chi connectivity index (χ1) is 7.16. The van der Waals surface area contributed by atoms with Crippen LogP contribution in [-0.2, 0) is 4.74 Å². The number of hydrogen-bond acceptors (Lipinski definition) is 2. The normalized spacial score (nSPS) is 23.3. The molecule has 1 aliphatic rings. The highest BCUT2D eigenvalue weighted by molar-refractivity contribution is 9.10. The van der Waals surface area contributed by atoms with Crippen LogP contribution >= 0.6 is 43.2 Å². The summed E-state index contributed by atoms with van der Waals surface area (Å²) < 4.78 is 6.87. The Morgan fingerprint density at radius 2 is 2.47 bits per heavy atom. The summed E-state index contributed by atoms with van der Waals surface area (Å²) in [7, 11) is 0. The molecule has 0 spiro atoms. The third-order valence-corrected chi connectivity index (χ3v) is 6.10. The highest BCUT2D eigenvalue weighted by atomic mass is 79.9. The Kier molecular flexibility index (Phi) is 4.27. The molecule has 2 unspecified atom stereocenters. The Bertz CT molecular complexity index is 312. The summed E-state index contributed by atoms with van der Waals surface area (Å²) in [6.45, 7) is 3.08. The molecule has 1 aromatic heterocycles. The first kappa shape index (κ1) is 12.1. The average molecular weight is 354 g/mol. The van der Waals surface area contributed by atoms with Crippen LogP contribution in [0.3, 0.4) is 0 Å². The molecule has 2 heterocycles. The first-order valence-electron chi connectivity index (χ1n) is 5.18. The standard InChI is InChI=1S/C11H14Br2OS/c1-7-9(12)6-11(15-7)10(13)5-8-3-2-4-14-8/h6,8,10H,2-5H2,1H3. The minimum Gasteiger partial charge on any atom is -0.378 e. The largest absolute Gasteiger partial charge is 0.378 e. The van der Waals surface area contributed by atoms with Gasteiger partial charge in [0.15, 0.2) is 0 Å². The number of rotatable bonds is 3. The fourth-order valence-corrected chi connectivity index (χ4v) is 4.19. The van der Waals surface area contributed by atoms with Crippen molar-refractivity contribution in [1.82, 2.24) is 0 Å². The summed E-state index contributed by atoms with van der Waals surface area (Å²) in [6.07, 6.45) is 3.98. The van der Waals surface area contributed by atoms with Gasteiger partial charge in [-0.2, -0.15) is 0 Å². The molecule has 0 radical (unpaired) electrons. The quantitative estimate of drug-likeness (QED) is 0.707. The number of ether oxygens (including phenoxy) is 1. The van der Waals surface area contributed by atoms with Crippen molar-refractivity contribution in [3.05, 3.63) is 20.3 Å². The second-order valence-electron chi connectivity index (χ2n) is 3.89. The maximum atomic E-state index is 5.65. The van der Waals surface area contributed by atoms with E-state index in [4.69, 9.17) is 4.74 Å². The van der Waals surface area contributed by atoms with Crippen molar-refractivity contribution in [1.29, 1.82) is 0 Å². The molecule has 0 saturated carbocycles. The molecular weight excluding hydrogens is 340 g/mol. The molecule has 84 valence electrons. The zero-order chi connectivity index (χ0) is 10.8. The van der Waals surface area contributed by atoms with Gasteiger partial charge in [-0.15, -0.1) is 11.3 Å². The Morgan fingerprint density at radius 1 is 1.67 bits per heavy atom. The Balaban J connectivity index is 1.97. The molecule has 0 amide bonds. The summed E-state index contributed by atoms with van der Waals surface area (Å²) in [5.41, 5.74) is 0. The van der Waals surface area contributed by atoms with Crippen LogP contribution in [0, 0.1) is 6.92 Å². The molecule has 0 aliphatic carbocycles. The second kappa shape index (κ2) is 5.30. The Hall–Kier alpha value is 0.620. The van der Waals surface area contributed by atoms with E-state index in [-0.39, 0.29) is 0 Å². The van der Waals surface area contributed by atoms with Crippen LogP contribution in [0.2, 0.25) is 0 Å². The van der Waals surface area contributed by atoms with Crippen molar-refractivity contribution in [2.24, 2.45) is 0 Å². The number of alkyl halides is 1. The van der Waals surface area contributed by atoms with Gasteiger partial charge in [0.2, 0.25) is 0 Å². The summed E-state index contributed by atoms with van der Waals surface area (Å²) in [6, 6.07) is 2.22. The van der Waals surface area contributed by atoms with Crippen molar-refractivity contribution in [3.8, 4) is 0 Å². The average Bonchev–Trinajstić information content (AvgIpc) is 2.78. The van der Waals surface area contributed by atoms with Gasteiger partial charge in [-0.05, 0) is 48.2 Å². The zero-order valence-electron chi connectivity index (χ0n) is 8.63. The van der Waals surface area contributed by atoms with E-state index in [1.807, 2.05) is 11.3 Å². The topological polar surface area (TPSA) is 9.23 Å². The summed E-state index contributed by atoms with van der Waals surface area (Å²) in [5, 5.41) is 0. The predicted molar refractivity (Wildman–Crippen MR) is 72.0 cm³/mol. The van der Waals surface area contributed by atoms with Crippen LogP contribution in [0.15, 0.2) is 10.5 Å². The van der Waals surface area contributed by atoms with E-state index >= 15 is 0 Å². The van der Waals surface area contributed by atoms with Gasteiger partial charge >= 0.3 is 0 Å². The predicted octanol–water partition coefficient (Wildman–Crippen LogP) is 4.82. The van der Waals surface area contributed by atoms with Crippen LogP contribution in [0.5, 0.6) is 0 Å². The van der Waals surface area contributed by atoms with E-state index in [2.05, 4.69) is 44.8 Å². The lowest BCUT2D eigenvalue weighted by atomic mass is 10.1. The van der Waals surface area contributed by atoms with E-state index in [0.29, 0.717) is 10.9 Å². The van der Waals surface area contributed by atoms with Gasteiger partial charge in [0.1, 0.15) is 0 Å². The van der Waals surface area contributed by atoms with Crippen molar-refractivity contribution in [2.75, 3.05) is 6.61 Å². The molecule has 15 heavy (non-hydrogen) atoms. The summed E-state index contributed by atoms with van der Waals surface area (Å²) in [5.74, 6) is 0. The first-order valence-corrected chi connectivity index (χ1v) is 7.71. The van der Waals surface area contributed by atoms with Gasteiger partial charge in [0.25, 0.3) is 0 Å². The molecule has 0 bridgehead atoms. The van der Waals surface area contributed by atoms with Gasteiger partial charge < -0.3 is 4.74 Å². The molecule has 0 N–H and O–H groups in total. The third kappa shape index (κ3) is 3.05. The molecule has 4 heteroatoms. The fourth-order valence-electron chi connectivity index (χ4n) is 1.81. The van der Waals surface area contributed by atoms with Gasteiger partial charge in [0.05, 0.1) is 10.9 Å². The summed E-state index contributed by atoms with van der Waals surface area (Å²) >= 11 is 9.16. The molecule has 2 atom stereocenters. The zero-order valence-corrected chi connectivity index (χ0v) is 12.6. The fraction of sp³-hybridized carbons (Fsp3) is 0.636. The van der Waals surface area contributed by atoms with Crippen LogP contribution < -0.4 is 0 Å². The lowest BCUT2D eigenvalue weighted by Crippen LogP contribution is -2.07. The van der Waals surface area contributed by atoms with E-state index in [9.17, 15) is 0 Å². The number of aryl methyl sites for hydroxylation is 1. The van der Waals surface area contributed by atoms with Gasteiger partial charge in [-0.25, -0.2) is 0 Å². The summed E-state index contributed by atoms with van der Waals surface area (Å²) in [4.78, 5) is 3.19. The SMILES string of the molecule is Cc1sc(C(Br)CC2CCCO2)cc1Br.